The highest BCUT2D eigenvalue weighted by Crippen LogP contribution is 2.34. The molecular weight excluding hydrogens is 403 g/mol. The van der Waals surface area contributed by atoms with Crippen molar-refractivity contribution in [1.82, 2.24) is 14.2 Å². The summed E-state index contributed by atoms with van der Waals surface area (Å²) in [4.78, 5) is 5.15. The third kappa shape index (κ3) is 5.65. The van der Waals surface area contributed by atoms with Gasteiger partial charge in [-0.25, -0.2) is 8.42 Å². The molecule has 0 atom stereocenters. The lowest BCUT2D eigenvalue weighted by Gasteiger charge is -2.24. The van der Waals surface area contributed by atoms with Gasteiger partial charge >= 0.3 is 6.18 Å². The highest BCUT2D eigenvalue weighted by molar-refractivity contribution is 7.89. The quantitative estimate of drug-likeness (QED) is 0.686. The molecule has 0 bridgehead atoms. The molecule has 0 aliphatic carbocycles. The summed E-state index contributed by atoms with van der Waals surface area (Å²) in [6.07, 6.45) is -1.62. The highest BCUT2D eigenvalue weighted by Gasteiger charge is 2.34. The summed E-state index contributed by atoms with van der Waals surface area (Å²) in [7, 11) is -0.722. The van der Waals surface area contributed by atoms with E-state index in [-0.39, 0.29) is 18.1 Å². The average Bonchev–Trinajstić information content (AvgIpc) is 2.58. The normalized spacial score (nSPS) is 12.7. The van der Waals surface area contributed by atoms with E-state index in [4.69, 9.17) is 11.6 Å². The van der Waals surface area contributed by atoms with Crippen molar-refractivity contribution >= 4 is 21.6 Å². The van der Waals surface area contributed by atoms with E-state index in [0.29, 0.717) is 18.2 Å². The summed E-state index contributed by atoms with van der Waals surface area (Å²) in [5, 5.41) is -0.260. The summed E-state index contributed by atoms with van der Waals surface area (Å²) in [6, 6.07) is 5.63. The maximum Gasteiger partial charge on any atom is 0.416 e. The second-order valence-corrected chi connectivity index (χ2v) is 8.46. The van der Waals surface area contributed by atoms with Crippen LogP contribution in [0.25, 0.3) is 0 Å². The minimum atomic E-state index is -4.67. The van der Waals surface area contributed by atoms with Gasteiger partial charge in [-0.05, 0) is 43.9 Å². The largest absolute Gasteiger partial charge is 0.416 e. The van der Waals surface area contributed by atoms with Crippen LogP contribution in [0.2, 0.25) is 5.02 Å². The number of halogens is 4. The number of likely N-dealkylation sites (N-methyl/N-ethyl adjacent to an activating group) is 1. The number of sulfonamides is 1. The zero-order chi connectivity index (χ0) is 20.2. The van der Waals surface area contributed by atoms with Crippen LogP contribution in [0.5, 0.6) is 0 Å². The Morgan fingerprint density at radius 1 is 1.15 bits per heavy atom. The molecule has 5 nitrogen and oxygen atoms in total. The molecule has 0 fully saturated rings. The van der Waals surface area contributed by atoms with Crippen LogP contribution in [0.3, 0.4) is 0 Å². The first-order chi connectivity index (χ1) is 12.5. The second kappa shape index (κ2) is 8.55. The topological polar surface area (TPSA) is 53.5 Å². The summed E-state index contributed by atoms with van der Waals surface area (Å²) < 4.78 is 66.3. The van der Waals surface area contributed by atoms with Crippen molar-refractivity contribution in [2.45, 2.75) is 17.6 Å². The maximum atomic E-state index is 13.1. The van der Waals surface area contributed by atoms with Crippen LogP contribution in [0.4, 0.5) is 13.2 Å². The molecule has 0 saturated heterocycles. The van der Waals surface area contributed by atoms with Gasteiger partial charge in [0.1, 0.15) is 4.90 Å². The van der Waals surface area contributed by atoms with Crippen LogP contribution in [-0.2, 0) is 22.7 Å². The molecule has 0 unspecified atom stereocenters. The molecule has 1 heterocycles. The van der Waals surface area contributed by atoms with Gasteiger partial charge in [0.2, 0.25) is 10.0 Å². The molecule has 27 heavy (non-hydrogen) atoms. The molecule has 0 N–H and O–H groups in total. The Hall–Kier alpha value is -1.68. The first-order valence-electron chi connectivity index (χ1n) is 7.92. The molecule has 1 aromatic heterocycles. The SMILES string of the molecule is CN(C)CCN(Cc1cccnc1)S(=O)(=O)c1cc(C(F)(F)F)ccc1Cl. The Balaban J connectivity index is 2.46. The monoisotopic (exact) mass is 421 g/mol. The summed E-state index contributed by atoms with van der Waals surface area (Å²) in [5.41, 5.74) is -0.456. The zero-order valence-electron chi connectivity index (χ0n) is 14.7. The van der Waals surface area contributed by atoms with Crippen LogP contribution in [0.1, 0.15) is 11.1 Å². The number of pyridine rings is 1. The first-order valence-corrected chi connectivity index (χ1v) is 9.74. The number of hydrogen-bond donors (Lipinski definition) is 0. The van der Waals surface area contributed by atoms with Gasteiger partial charge in [0.15, 0.2) is 0 Å². The number of alkyl halides is 3. The van der Waals surface area contributed by atoms with Gasteiger partial charge in [-0.15, -0.1) is 0 Å². The van der Waals surface area contributed by atoms with Gasteiger partial charge in [0.05, 0.1) is 10.6 Å². The lowest BCUT2D eigenvalue weighted by molar-refractivity contribution is -0.137. The predicted molar refractivity (Wildman–Crippen MR) is 96.8 cm³/mol. The minimum Gasteiger partial charge on any atom is -0.308 e. The molecule has 0 spiro atoms. The molecule has 0 aliphatic rings. The molecule has 10 heteroatoms. The number of aromatic nitrogens is 1. The Bertz CT molecular complexity index is 875. The van der Waals surface area contributed by atoms with Crippen molar-refractivity contribution in [2.24, 2.45) is 0 Å². The molecule has 0 aliphatic heterocycles. The van der Waals surface area contributed by atoms with Gasteiger partial charge in [0.25, 0.3) is 0 Å². The number of nitrogens with zero attached hydrogens (tertiary/aromatic N) is 3. The van der Waals surface area contributed by atoms with E-state index in [1.807, 2.05) is 0 Å². The number of benzene rings is 1. The van der Waals surface area contributed by atoms with Gasteiger partial charge in [0, 0.05) is 32.0 Å². The summed E-state index contributed by atoms with van der Waals surface area (Å²) in [6.45, 7) is 0.434. The maximum absolute atomic E-state index is 13.1. The molecule has 0 saturated carbocycles. The molecule has 1 aromatic carbocycles. The third-order valence-corrected chi connectivity index (χ3v) is 6.08. The van der Waals surface area contributed by atoms with E-state index in [0.717, 1.165) is 16.4 Å². The Kier molecular flexibility index (Phi) is 6.85. The fourth-order valence-electron chi connectivity index (χ4n) is 2.31. The molecule has 148 valence electrons. The smallest absolute Gasteiger partial charge is 0.308 e. The number of rotatable bonds is 7. The van der Waals surface area contributed by atoms with E-state index in [2.05, 4.69) is 4.98 Å². The van der Waals surface area contributed by atoms with Gasteiger partial charge in [-0.3, -0.25) is 4.98 Å². The average molecular weight is 422 g/mol. The first kappa shape index (κ1) is 21.6. The third-order valence-electron chi connectivity index (χ3n) is 3.75. The van der Waals surface area contributed by atoms with Crippen LogP contribution in [0, 0.1) is 0 Å². The Morgan fingerprint density at radius 3 is 2.41 bits per heavy atom. The van der Waals surface area contributed by atoms with Crippen LogP contribution in [0.15, 0.2) is 47.6 Å². The van der Waals surface area contributed by atoms with Gasteiger partial charge in [-0.1, -0.05) is 17.7 Å². The summed E-state index contributed by atoms with van der Waals surface area (Å²) >= 11 is 5.94. The van der Waals surface area contributed by atoms with E-state index in [9.17, 15) is 21.6 Å². The number of hydrogen-bond acceptors (Lipinski definition) is 4. The van der Waals surface area contributed by atoms with Crippen molar-refractivity contribution in [3.63, 3.8) is 0 Å². The van der Waals surface area contributed by atoms with Crippen LogP contribution < -0.4 is 0 Å². The van der Waals surface area contributed by atoms with Crippen LogP contribution >= 0.6 is 11.6 Å². The van der Waals surface area contributed by atoms with Crippen molar-refractivity contribution in [1.29, 1.82) is 0 Å². The highest BCUT2D eigenvalue weighted by atomic mass is 35.5. The Labute approximate surface area is 161 Å². The standard InChI is InChI=1S/C17H19ClF3N3O2S/c1-23(2)8-9-24(12-13-4-3-7-22-11-13)27(25,26)16-10-14(17(19,20)21)5-6-15(16)18/h3-7,10-11H,8-9,12H2,1-2H3. The second-order valence-electron chi connectivity index (χ2n) is 6.15. The van der Waals surface area contributed by atoms with Crippen molar-refractivity contribution in [3.05, 3.63) is 58.9 Å². The fourth-order valence-corrected chi connectivity index (χ4v) is 4.23. The Morgan fingerprint density at radius 2 is 1.85 bits per heavy atom. The van der Waals surface area contributed by atoms with Crippen molar-refractivity contribution in [2.75, 3.05) is 27.2 Å². The van der Waals surface area contributed by atoms with Crippen molar-refractivity contribution < 1.29 is 21.6 Å². The molecule has 2 aromatic rings. The zero-order valence-corrected chi connectivity index (χ0v) is 16.3. The summed E-state index contributed by atoms with van der Waals surface area (Å²) in [5.74, 6) is 0. The van der Waals surface area contributed by atoms with E-state index >= 15 is 0 Å². The van der Waals surface area contributed by atoms with E-state index in [1.165, 1.54) is 6.20 Å². The molecule has 0 amide bonds. The fraction of sp³-hybridized carbons (Fsp3) is 0.353. The van der Waals surface area contributed by atoms with Crippen molar-refractivity contribution in [3.8, 4) is 0 Å². The molecule has 0 radical (unpaired) electrons. The van der Waals surface area contributed by atoms with E-state index < -0.39 is 26.7 Å². The van der Waals surface area contributed by atoms with Crippen LogP contribution in [-0.4, -0.2) is 49.8 Å². The van der Waals surface area contributed by atoms with Gasteiger partial charge < -0.3 is 4.90 Å². The van der Waals surface area contributed by atoms with E-state index in [1.54, 1.807) is 37.3 Å². The molecule has 2 rings (SSSR count). The minimum absolute atomic E-state index is 0.0312. The lowest BCUT2D eigenvalue weighted by Crippen LogP contribution is -2.36. The lowest BCUT2D eigenvalue weighted by atomic mass is 10.2. The predicted octanol–water partition coefficient (Wildman–Crippen LogP) is 3.51. The molecular formula is C17H19ClF3N3O2S. The van der Waals surface area contributed by atoms with Gasteiger partial charge in [-0.2, -0.15) is 17.5 Å².